The molecule has 0 radical (unpaired) electrons. The Morgan fingerprint density at radius 1 is 1.15 bits per heavy atom. The molecule has 1 atom stereocenters. The second-order valence-electron chi connectivity index (χ2n) is 5.24. The largest absolute Gasteiger partial charge is 0.341 e. The van der Waals surface area contributed by atoms with Crippen molar-refractivity contribution in [2.45, 2.75) is 13.0 Å². The van der Waals surface area contributed by atoms with Gasteiger partial charge in [-0.25, -0.2) is 4.39 Å². The van der Waals surface area contributed by atoms with Crippen molar-refractivity contribution in [3.8, 4) is 0 Å². The van der Waals surface area contributed by atoms with Crippen molar-refractivity contribution in [2.24, 2.45) is 0 Å². The molecule has 0 aliphatic rings. The zero-order chi connectivity index (χ0) is 19.4. The molecular formula is C16H12Cl2FN3O4. The maximum Gasteiger partial charge on any atom is 0.288 e. The number of carbonyl (C=O) groups excluding carboxylic acids is 2. The zero-order valence-corrected chi connectivity index (χ0v) is 14.8. The lowest BCUT2D eigenvalue weighted by Gasteiger charge is -2.14. The molecule has 0 fully saturated rings. The molecule has 0 aliphatic carbocycles. The van der Waals surface area contributed by atoms with Gasteiger partial charge in [-0.05, 0) is 37.3 Å². The van der Waals surface area contributed by atoms with Crippen LogP contribution in [0.15, 0.2) is 36.4 Å². The van der Waals surface area contributed by atoms with Crippen molar-refractivity contribution in [1.29, 1.82) is 0 Å². The highest BCUT2D eigenvalue weighted by atomic mass is 35.5. The maximum atomic E-state index is 13.1. The third kappa shape index (κ3) is 4.68. The number of rotatable bonds is 5. The van der Waals surface area contributed by atoms with Gasteiger partial charge in [0.2, 0.25) is 5.91 Å². The fourth-order valence-corrected chi connectivity index (χ4v) is 2.33. The Bertz CT molecular complexity index is 892. The second-order valence-corrected chi connectivity index (χ2v) is 6.05. The van der Waals surface area contributed by atoms with Gasteiger partial charge < -0.3 is 10.6 Å². The first-order valence-corrected chi connectivity index (χ1v) is 7.95. The molecule has 7 nitrogen and oxygen atoms in total. The van der Waals surface area contributed by atoms with Crippen LogP contribution in [0.3, 0.4) is 0 Å². The lowest BCUT2D eigenvalue weighted by Crippen LogP contribution is -2.41. The molecular weight excluding hydrogens is 388 g/mol. The van der Waals surface area contributed by atoms with Gasteiger partial charge in [0.25, 0.3) is 11.6 Å². The highest BCUT2D eigenvalue weighted by Crippen LogP contribution is 2.25. The van der Waals surface area contributed by atoms with Crippen LogP contribution in [0.2, 0.25) is 10.0 Å². The molecule has 2 N–H and O–H groups in total. The van der Waals surface area contributed by atoms with Crippen LogP contribution >= 0.6 is 23.2 Å². The first-order valence-electron chi connectivity index (χ1n) is 7.19. The first-order chi connectivity index (χ1) is 12.2. The van der Waals surface area contributed by atoms with Crippen LogP contribution < -0.4 is 10.6 Å². The van der Waals surface area contributed by atoms with Crippen molar-refractivity contribution >= 4 is 46.4 Å². The Labute approximate surface area is 157 Å². The molecule has 0 spiro atoms. The van der Waals surface area contributed by atoms with Crippen LogP contribution in [-0.2, 0) is 4.79 Å². The molecule has 2 rings (SSSR count). The molecule has 2 aromatic carbocycles. The molecule has 0 heterocycles. The van der Waals surface area contributed by atoms with E-state index >= 15 is 0 Å². The summed E-state index contributed by atoms with van der Waals surface area (Å²) in [4.78, 5) is 34.4. The SMILES string of the molecule is C[C@H](NC(=O)c1ccc(Cl)c([N+](=O)[O-])c1)C(=O)Nc1ccc(F)c(Cl)c1. The third-order valence-electron chi connectivity index (χ3n) is 3.33. The number of benzene rings is 2. The van der Waals surface area contributed by atoms with E-state index in [4.69, 9.17) is 23.2 Å². The molecule has 0 unspecified atom stereocenters. The summed E-state index contributed by atoms with van der Waals surface area (Å²) in [6, 6.07) is 6.20. The lowest BCUT2D eigenvalue weighted by molar-refractivity contribution is -0.384. The number of amides is 2. The van der Waals surface area contributed by atoms with Gasteiger partial charge in [0.15, 0.2) is 0 Å². The van der Waals surface area contributed by atoms with E-state index < -0.39 is 34.3 Å². The van der Waals surface area contributed by atoms with Crippen molar-refractivity contribution in [3.63, 3.8) is 0 Å². The number of nitro benzene ring substituents is 1. The Morgan fingerprint density at radius 2 is 1.85 bits per heavy atom. The van der Waals surface area contributed by atoms with Gasteiger partial charge in [0, 0.05) is 17.3 Å². The highest BCUT2D eigenvalue weighted by Gasteiger charge is 2.20. The predicted octanol–water partition coefficient (Wildman–Crippen LogP) is 3.80. The van der Waals surface area contributed by atoms with Crippen LogP contribution in [0, 0.1) is 15.9 Å². The molecule has 0 saturated heterocycles. The zero-order valence-electron chi connectivity index (χ0n) is 13.3. The Morgan fingerprint density at radius 3 is 2.46 bits per heavy atom. The molecule has 0 aromatic heterocycles. The summed E-state index contributed by atoms with van der Waals surface area (Å²) in [6.45, 7) is 1.42. The van der Waals surface area contributed by atoms with E-state index in [-0.39, 0.29) is 21.3 Å². The minimum Gasteiger partial charge on any atom is -0.341 e. The van der Waals surface area contributed by atoms with E-state index in [0.29, 0.717) is 0 Å². The molecule has 0 aliphatic heterocycles. The van der Waals surface area contributed by atoms with Crippen LogP contribution in [-0.4, -0.2) is 22.8 Å². The van der Waals surface area contributed by atoms with Gasteiger partial charge in [-0.2, -0.15) is 0 Å². The van der Waals surface area contributed by atoms with Crippen LogP contribution in [0.5, 0.6) is 0 Å². The monoisotopic (exact) mass is 399 g/mol. The average Bonchev–Trinajstić information content (AvgIpc) is 2.58. The Balaban J connectivity index is 2.06. The Kier molecular flexibility index (Phi) is 6.12. The highest BCUT2D eigenvalue weighted by molar-refractivity contribution is 6.32. The number of nitrogens with zero attached hydrogens (tertiary/aromatic N) is 1. The fourth-order valence-electron chi connectivity index (χ4n) is 1.96. The van der Waals surface area contributed by atoms with Crippen molar-refractivity contribution in [2.75, 3.05) is 5.32 Å². The summed E-state index contributed by atoms with van der Waals surface area (Å²) in [5.74, 6) is -1.90. The van der Waals surface area contributed by atoms with Gasteiger partial charge in [-0.1, -0.05) is 23.2 Å². The van der Waals surface area contributed by atoms with Crippen LogP contribution in [0.25, 0.3) is 0 Å². The topological polar surface area (TPSA) is 101 Å². The van der Waals surface area contributed by atoms with Crippen molar-refractivity contribution in [3.05, 3.63) is 67.9 Å². The number of carbonyl (C=O) groups is 2. The number of halogens is 3. The molecule has 0 saturated carbocycles. The van der Waals surface area contributed by atoms with E-state index in [0.717, 1.165) is 12.1 Å². The molecule has 2 amide bonds. The number of hydrogen-bond acceptors (Lipinski definition) is 4. The maximum absolute atomic E-state index is 13.1. The summed E-state index contributed by atoms with van der Waals surface area (Å²) in [7, 11) is 0. The van der Waals surface area contributed by atoms with Gasteiger partial charge in [0.05, 0.1) is 9.95 Å². The van der Waals surface area contributed by atoms with Gasteiger partial charge in [-0.15, -0.1) is 0 Å². The van der Waals surface area contributed by atoms with Gasteiger partial charge >= 0.3 is 0 Å². The van der Waals surface area contributed by atoms with Crippen LogP contribution in [0.1, 0.15) is 17.3 Å². The van der Waals surface area contributed by atoms with E-state index in [9.17, 15) is 24.1 Å². The number of nitro groups is 1. The summed E-state index contributed by atoms with van der Waals surface area (Å²) >= 11 is 11.3. The van der Waals surface area contributed by atoms with E-state index in [1.807, 2.05) is 0 Å². The standard InChI is InChI=1S/C16H12Cl2FN3O4/c1-8(15(23)21-10-3-5-13(19)12(18)7-10)20-16(24)9-2-4-11(17)14(6-9)22(25)26/h2-8H,1H3,(H,20,24)(H,21,23)/t8-/m0/s1. The number of hydrogen-bond donors (Lipinski definition) is 2. The second kappa shape index (κ2) is 8.11. The van der Waals surface area contributed by atoms with Gasteiger partial charge in [-0.3, -0.25) is 19.7 Å². The minimum absolute atomic E-state index is 0.0226. The summed E-state index contributed by atoms with van der Waals surface area (Å²) in [5, 5.41) is 15.5. The molecule has 10 heteroatoms. The smallest absolute Gasteiger partial charge is 0.288 e. The number of nitrogens with one attached hydrogen (secondary N) is 2. The van der Waals surface area contributed by atoms with E-state index in [1.54, 1.807) is 0 Å². The molecule has 136 valence electrons. The Hall–Kier alpha value is -2.71. The fraction of sp³-hybridized carbons (Fsp3) is 0.125. The minimum atomic E-state index is -0.971. The quantitative estimate of drug-likeness (QED) is 0.589. The van der Waals surface area contributed by atoms with Crippen molar-refractivity contribution in [1.82, 2.24) is 5.32 Å². The average molecular weight is 400 g/mol. The van der Waals surface area contributed by atoms with E-state index in [2.05, 4.69) is 10.6 Å². The summed E-state index contributed by atoms with van der Waals surface area (Å²) < 4.78 is 13.1. The lowest BCUT2D eigenvalue weighted by atomic mass is 10.1. The van der Waals surface area contributed by atoms with Crippen LogP contribution in [0.4, 0.5) is 15.8 Å². The predicted molar refractivity (Wildman–Crippen MR) is 95.1 cm³/mol. The molecule has 2 aromatic rings. The summed E-state index contributed by atoms with van der Waals surface area (Å²) in [6.07, 6.45) is 0. The van der Waals surface area contributed by atoms with E-state index in [1.165, 1.54) is 31.2 Å². The number of anilines is 1. The third-order valence-corrected chi connectivity index (χ3v) is 3.94. The van der Waals surface area contributed by atoms with Gasteiger partial charge in [0.1, 0.15) is 16.9 Å². The summed E-state index contributed by atoms with van der Waals surface area (Å²) in [5.41, 5.74) is -0.187. The first kappa shape index (κ1) is 19.6. The van der Waals surface area contributed by atoms with Crippen molar-refractivity contribution < 1.29 is 18.9 Å². The molecule has 0 bridgehead atoms. The molecule has 26 heavy (non-hydrogen) atoms. The normalized spacial score (nSPS) is 11.5.